The third-order valence-corrected chi connectivity index (χ3v) is 2.89. The molecule has 0 radical (unpaired) electrons. The Bertz CT molecular complexity index is 381. The number of hydrogen-bond donors (Lipinski definition) is 1. The standard InChI is InChI=1S/C12H15FN2O/c13-11-6-9(7-14-8-11)5-10-3-1-2-4-15-12(10)16/h6-8,10H,1-5H2,(H,15,16). The molecule has 1 amide bonds. The second-order valence-corrected chi connectivity index (χ2v) is 4.20. The van der Waals surface area contributed by atoms with Crippen molar-refractivity contribution in [2.24, 2.45) is 5.92 Å². The minimum Gasteiger partial charge on any atom is -0.356 e. The molecule has 2 rings (SSSR count). The average Bonchev–Trinajstić information content (AvgIpc) is 2.45. The molecule has 0 aromatic carbocycles. The van der Waals surface area contributed by atoms with Gasteiger partial charge in [0.15, 0.2) is 0 Å². The number of halogens is 1. The van der Waals surface area contributed by atoms with Crippen LogP contribution in [-0.4, -0.2) is 17.4 Å². The van der Waals surface area contributed by atoms with Gasteiger partial charge in [0, 0.05) is 18.7 Å². The van der Waals surface area contributed by atoms with Crippen LogP contribution in [0.5, 0.6) is 0 Å². The summed E-state index contributed by atoms with van der Waals surface area (Å²) in [5.41, 5.74) is 0.794. The van der Waals surface area contributed by atoms with Crippen LogP contribution < -0.4 is 5.32 Å². The minimum atomic E-state index is -0.341. The van der Waals surface area contributed by atoms with Crippen molar-refractivity contribution in [3.05, 3.63) is 29.8 Å². The van der Waals surface area contributed by atoms with Crippen LogP contribution in [0.25, 0.3) is 0 Å². The number of carbonyl (C=O) groups is 1. The highest BCUT2D eigenvalue weighted by molar-refractivity contribution is 5.79. The van der Waals surface area contributed by atoms with Gasteiger partial charge >= 0.3 is 0 Å². The lowest BCUT2D eigenvalue weighted by molar-refractivity contribution is -0.124. The van der Waals surface area contributed by atoms with Crippen LogP contribution in [0.2, 0.25) is 0 Å². The highest BCUT2D eigenvalue weighted by Gasteiger charge is 2.20. The number of hydrogen-bond acceptors (Lipinski definition) is 2. The summed E-state index contributed by atoms with van der Waals surface area (Å²) in [7, 11) is 0. The summed E-state index contributed by atoms with van der Waals surface area (Å²) in [6, 6.07) is 1.45. The summed E-state index contributed by atoms with van der Waals surface area (Å²) in [5.74, 6) is -0.292. The summed E-state index contributed by atoms with van der Waals surface area (Å²) in [4.78, 5) is 15.5. The van der Waals surface area contributed by atoms with Crippen LogP contribution in [-0.2, 0) is 11.2 Å². The largest absolute Gasteiger partial charge is 0.356 e. The van der Waals surface area contributed by atoms with Crippen molar-refractivity contribution in [1.29, 1.82) is 0 Å². The van der Waals surface area contributed by atoms with E-state index >= 15 is 0 Å². The van der Waals surface area contributed by atoms with Gasteiger partial charge in [-0.15, -0.1) is 0 Å². The van der Waals surface area contributed by atoms with Gasteiger partial charge in [0.25, 0.3) is 0 Å². The van der Waals surface area contributed by atoms with Gasteiger partial charge in [-0.1, -0.05) is 6.42 Å². The Balaban J connectivity index is 2.05. The van der Waals surface area contributed by atoms with Crippen molar-refractivity contribution in [1.82, 2.24) is 10.3 Å². The molecule has 2 heterocycles. The Morgan fingerprint density at radius 2 is 2.31 bits per heavy atom. The molecule has 1 aliphatic heterocycles. The fourth-order valence-electron chi connectivity index (χ4n) is 2.05. The molecule has 1 atom stereocenters. The maximum Gasteiger partial charge on any atom is 0.223 e. The first-order valence-electron chi connectivity index (χ1n) is 5.63. The SMILES string of the molecule is O=C1NCCCCC1Cc1cncc(F)c1. The van der Waals surface area contributed by atoms with Gasteiger partial charge in [-0.3, -0.25) is 9.78 Å². The minimum absolute atomic E-state index is 0.0360. The van der Waals surface area contributed by atoms with Crippen LogP contribution in [0.1, 0.15) is 24.8 Å². The molecule has 0 bridgehead atoms. The molecule has 1 saturated heterocycles. The molecule has 1 unspecified atom stereocenters. The number of nitrogens with zero attached hydrogens (tertiary/aromatic N) is 1. The van der Waals surface area contributed by atoms with E-state index in [9.17, 15) is 9.18 Å². The normalized spacial score (nSPS) is 21.3. The molecule has 4 heteroatoms. The highest BCUT2D eigenvalue weighted by atomic mass is 19.1. The van der Waals surface area contributed by atoms with Gasteiger partial charge in [-0.05, 0) is 30.9 Å². The van der Waals surface area contributed by atoms with E-state index in [1.54, 1.807) is 6.20 Å². The van der Waals surface area contributed by atoms with E-state index in [4.69, 9.17) is 0 Å². The summed E-state index contributed by atoms with van der Waals surface area (Å²) in [6.45, 7) is 0.761. The maximum absolute atomic E-state index is 12.9. The Morgan fingerprint density at radius 1 is 1.44 bits per heavy atom. The Hall–Kier alpha value is -1.45. The molecular weight excluding hydrogens is 207 g/mol. The molecule has 1 fully saturated rings. The molecule has 1 N–H and O–H groups in total. The summed E-state index contributed by atoms with van der Waals surface area (Å²) in [6.07, 6.45) is 6.34. The zero-order chi connectivity index (χ0) is 11.4. The van der Waals surface area contributed by atoms with E-state index < -0.39 is 0 Å². The molecule has 1 aromatic heterocycles. The van der Waals surface area contributed by atoms with E-state index in [2.05, 4.69) is 10.3 Å². The van der Waals surface area contributed by atoms with Crippen molar-refractivity contribution in [3.8, 4) is 0 Å². The van der Waals surface area contributed by atoms with Crippen molar-refractivity contribution in [2.75, 3.05) is 6.54 Å². The molecule has 16 heavy (non-hydrogen) atoms. The van der Waals surface area contributed by atoms with Crippen molar-refractivity contribution >= 4 is 5.91 Å². The summed E-state index contributed by atoms with van der Waals surface area (Å²) < 4.78 is 12.9. The van der Waals surface area contributed by atoms with Crippen LogP contribution >= 0.6 is 0 Å². The summed E-state index contributed by atoms with van der Waals surface area (Å²) >= 11 is 0. The molecule has 86 valence electrons. The third kappa shape index (κ3) is 2.78. The lowest BCUT2D eigenvalue weighted by Gasteiger charge is -2.12. The van der Waals surface area contributed by atoms with Crippen LogP contribution in [0.3, 0.4) is 0 Å². The van der Waals surface area contributed by atoms with E-state index in [0.29, 0.717) is 6.42 Å². The van der Waals surface area contributed by atoms with Gasteiger partial charge in [-0.25, -0.2) is 4.39 Å². The number of pyridine rings is 1. The first-order chi connectivity index (χ1) is 7.75. The fourth-order valence-corrected chi connectivity index (χ4v) is 2.05. The first kappa shape index (κ1) is 11.0. The quantitative estimate of drug-likeness (QED) is 0.827. The number of aromatic nitrogens is 1. The number of nitrogens with one attached hydrogen (secondary N) is 1. The fraction of sp³-hybridized carbons (Fsp3) is 0.500. The second-order valence-electron chi connectivity index (χ2n) is 4.20. The molecule has 3 nitrogen and oxygen atoms in total. The highest BCUT2D eigenvalue weighted by Crippen LogP contribution is 2.17. The Labute approximate surface area is 94.1 Å². The van der Waals surface area contributed by atoms with Gasteiger partial charge < -0.3 is 5.32 Å². The van der Waals surface area contributed by atoms with E-state index in [0.717, 1.165) is 31.4 Å². The number of amides is 1. The predicted molar refractivity (Wildman–Crippen MR) is 58.2 cm³/mol. The van der Waals surface area contributed by atoms with E-state index in [1.165, 1.54) is 12.3 Å². The topological polar surface area (TPSA) is 42.0 Å². The predicted octanol–water partition coefficient (Wildman–Crippen LogP) is 1.68. The molecule has 1 aromatic rings. The first-order valence-corrected chi connectivity index (χ1v) is 5.63. The molecule has 1 aliphatic rings. The Kier molecular flexibility index (Phi) is 3.49. The van der Waals surface area contributed by atoms with Crippen molar-refractivity contribution < 1.29 is 9.18 Å². The summed E-state index contributed by atoms with van der Waals surface area (Å²) in [5, 5.41) is 2.88. The molecule has 0 spiro atoms. The van der Waals surface area contributed by atoms with Gasteiger partial charge in [0.1, 0.15) is 5.82 Å². The number of rotatable bonds is 2. The van der Waals surface area contributed by atoms with Gasteiger partial charge in [-0.2, -0.15) is 0 Å². The monoisotopic (exact) mass is 222 g/mol. The Morgan fingerprint density at radius 3 is 3.12 bits per heavy atom. The molecule has 0 aliphatic carbocycles. The lowest BCUT2D eigenvalue weighted by atomic mass is 9.95. The average molecular weight is 222 g/mol. The maximum atomic E-state index is 12.9. The van der Waals surface area contributed by atoms with Crippen molar-refractivity contribution in [2.45, 2.75) is 25.7 Å². The molecule has 0 saturated carbocycles. The zero-order valence-electron chi connectivity index (χ0n) is 9.08. The van der Waals surface area contributed by atoms with Crippen LogP contribution in [0, 0.1) is 11.7 Å². The third-order valence-electron chi connectivity index (χ3n) is 2.89. The van der Waals surface area contributed by atoms with E-state index in [1.807, 2.05) is 0 Å². The van der Waals surface area contributed by atoms with Crippen molar-refractivity contribution in [3.63, 3.8) is 0 Å². The van der Waals surface area contributed by atoms with Crippen LogP contribution in [0.15, 0.2) is 18.5 Å². The lowest BCUT2D eigenvalue weighted by Crippen LogP contribution is -2.30. The van der Waals surface area contributed by atoms with Gasteiger partial charge in [0.2, 0.25) is 5.91 Å². The van der Waals surface area contributed by atoms with E-state index in [-0.39, 0.29) is 17.6 Å². The van der Waals surface area contributed by atoms with Gasteiger partial charge in [0.05, 0.1) is 6.20 Å². The number of carbonyl (C=O) groups excluding carboxylic acids is 1. The zero-order valence-corrected chi connectivity index (χ0v) is 9.08. The smallest absolute Gasteiger partial charge is 0.223 e. The van der Waals surface area contributed by atoms with Crippen LogP contribution in [0.4, 0.5) is 4.39 Å². The second kappa shape index (κ2) is 5.05. The molecular formula is C12H15FN2O.